The van der Waals surface area contributed by atoms with E-state index in [1.54, 1.807) is 4.52 Å². The molecule has 25 heavy (non-hydrogen) atoms. The highest BCUT2D eigenvalue weighted by Gasteiger charge is 2.12. The zero-order valence-corrected chi connectivity index (χ0v) is 14.5. The van der Waals surface area contributed by atoms with Crippen LogP contribution in [0.15, 0.2) is 54.6 Å². The second kappa shape index (κ2) is 6.02. The normalized spacial score (nSPS) is 11.0. The monoisotopic (exact) mass is 329 g/mol. The van der Waals surface area contributed by atoms with Crippen molar-refractivity contribution >= 4 is 17.3 Å². The Bertz CT molecular complexity index is 1030. The molecule has 0 aliphatic carbocycles. The molecule has 124 valence electrons. The van der Waals surface area contributed by atoms with E-state index in [2.05, 4.69) is 52.4 Å². The van der Waals surface area contributed by atoms with Gasteiger partial charge < -0.3 is 5.32 Å². The van der Waals surface area contributed by atoms with E-state index >= 15 is 0 Å². The van der Waals surface area contributed by atoms with Gasteiger partial charge in [-0.05, 0) is 31.9 Å². The number of hydrogen-bond donors (Lipinski definition) is 1. The number of nitrogens with zero attached hydrogens (tertiary/aromatic N) is 4. The van der Waals surface area contributed by atoms with E-state index in [1.807, 2.05) is 43.3 Å². The van der Waals surface area contributed by atoms with Gasteiger partial charge in [-0.3, -0.25) is 0 Å². The highest BCUT2D eigenvalue weighted by molar-refractivity contribution is 5.66. The molecule has 5 nitrogen and oxygen atoms in total. The maximum Gasteiger partial charge on any atom is 0.254 e. The maximum absolute atomic E-state index is 4.66. The molecule has 2 heterocycles. The Labute approximate surface area is 146 Å². The number of hydrogen-bond acceptors (Lipinski definition) is 4. The second-order valence-corrected chi connectivity index (χ2v) is 6.19. The summed E-state index contributed by atoms with van der Waals surface area (Å²) in [5, 5.41) is 8.17. The minimum Gasteiger partial charge on any atom is -0.340 e. The summed E-state index contributed by atoms with van der Waals surface area (Å²) in [6.07, 6.45) is 0. The quantitative estimate of drug-likeness (QED) is 0.603. The van der Waals surface area contributed by atoms with Crippen LogP contribution in [0.25, 0.3) is 17.2 Å². The first-order valence-electron chi connectivity index (χ1n) is 8.25. The molecular weight excluding hydrogens is 310 g/mol. The van der Waals surface area contributed by atoms with Crippen LogP contribution in [-0.2, 0) is 0 Å². The van der Waals surface area contributed by atoms with E-state index in [4.69, 9.17) is 0 Å². The predicted molar refractivity (Wildman–Crippen MR) is 100 cm³/mol. The highest BCUT2D eigenvalue weighted by atomic mass is 15.4. The maximum atomic E-state index is 4.66. The van der Waals surface area contributed by atoms with Crippen molar-refractivity contribution in [1.29, 1.82) is 0 Å². The van der Waals surface area contributed by atoms with E-state index in [-0.39, 0.29) is 0 Å². The van der Waals surface area contributed by atoms with Gasteiger partial charge in [0.2, 0.25) is 0 Å². The van der Waals surface area contributed by atoms with Crippen LogP contribution in [0, 0.1) is 20.8 Å². The second-order valence-electron chi connectivity index (χ2n) is 6.19. The van der Waals surface area contributed by atoms with E-state index in [0.717, 1.165) is 22.8 Å². The lowest BCUT2D eigenvalue weighted by molar-refractivity contribution is 0.939. The minimum atomic E-state index is 0.590. The highest BCUT2D eigenvalue weighted by Crippen LogP contribution is 2.25. The molecule has 0 aliphatic heterocycles. The minimum absolute atomic E-state index is 0.590. The lowest BCUT2D eigenvalue weighted by Gasteiger charge is -2.13. The Morgan fingerprint density at radius 1 is 0.840 bits per heavy atom. The lowest BCUT2D eigenvalue weighted by Crippen LogP contribution is -2.04. The van der Waals surface area contributed by atoms with Crippen LogP contribution in [0.1, 0.15) is 16.8 Å². The third kappa shape index (κ3) is 2.85. The molecule has 0 amide bonds. The summed E-state index contributed by atoms with van der Waals surface area (Å²) in [7, 11) is 0. The third-order valence-corrected chi connectivity index (χ3v) is 4.21. The fraction of sp³-hybridized carbons (Fsp3) is 0.150. The summed E-state index contributed by atoms with van der Waals surface area (Å²) >= 11 is 0. The molecule has 0 aliphatic rings. The van der Waals surface area contributed by atoms with E-state index in [9.17, 15) is 0 Å². The SMILES string of the molecule is Cc1cc(Nc2c(C)cccc2C)n2nc(-c3ccccc3)nc2n1. The topological polar surface area (TPSA) is 55.1 Å². The molecule has 4 rings (SSSR count). The smallest absolute Gasteiger partial charge is 0.254 e. The molecular formula is C20H19N5. The van der Waals surface area contributed by atoms with Gasteiger partial charge >= 0.3 is 0 Å². The summed E-state index contributed by atoms with van der Waals surface area (Å²) in [5.41, 5.74) is 5.33. The van der Waals surface area contributed by atoms with Crippen molar-refractivity contribution in [2.75, 3.05) is 5.32 Å². The average molecular weight is 329 g/mol. The van der Waals surface area contributed by atoms with Crippen LogP contribution in [0.3, 0.4) is 0 Å². The first-order chi connectivity index (χ1) is 12.1. The van der Waals surface area contributed by atoms with Gasteiger partial charge in [-0.1, -0.05) is 48.5 Å². The van der Waals surface area contributed by atoms with Gasteiger partial charge in [-0.25, -0.2) is 4.98 Å². The summed E-state index contributed by atoms with van der Waals surface area (Å²) in [6, 6.07) is 18.2. The van der Waals surface area contributed by atoms with Crippen LogP contribution in [0.4, 0.5) is 11.5 Å². The third-order valence-electron chi connectivity index (χ3n) is 4.21. The standard InChI is InChI=1S/C20H19N5/c1-13-8-7-9-14(2)18(13)22-17-12-15(3)21-20-23-19(24-25(17)20)16-10-5-4-6-11-16/h4-12,22H,1-3H3. The summed E-state index contributed by atoms with van der Waals surface area (Å²) in [6.45, 7) is 6.15. The molecule has 1 N–H and O–H groups in total. The van der Waals surface area contributed by atoms with Crippen molar-refractivity contribution in [2.24, 2.45) is 0 Å². The van der Waals surface area contributed by atoms with Crippen LogP contribution in [-0.4, -0.2) is 19.6 Å². The van der Waals surface area contributed by atoms with Crippen LogP contribution >= 0.6 is 0 Å². The number of benzene rings is 2. The van der Waals surface area contributed by atoms with Crippen LogP contribution in [0.2, 0.25) is 0 Å². The summed E-state index contributed by atoms with van der Waals surface area (Å²) < 4.78 is 1.77. The van der Waals surface area contributed by atoms with Crippen molar-refractivity contribution < 1.29 is 0 Å². The van der Waals surface area contributed by atoms with Crippen LogP contribution < -0.4 is 5.32 Å². The molecule has 2 aromatic heterocycles. The number of anilines is 2. The largest absolute Gasteiger partial charge is 0.340 e. The fourth-order valence-corrected chi connectivity index (χ4v) is 2.93. The van der Waals surface area contributed by atoms with Crippen molar-refractivity contribution in [1.82, 2.24) is 19.6 Å². The number of rotatable bonds is 3. The molecule has 0 saturated carbocycles. The van der Waals surface area contributed by atoms with Crippen molar-refractivity contribution in [3.8, 4) is 11.4 Å². The predicted octanol–water partition coefficient (Wildman–Crippen LogP) is 4.46. The summed E-state index contributed by atoms with van der Waals surface area (Å²) in [5.74, 6) is 2.12. The van der Waals surface area contributed by atoms with Crippen molar-refractivity contribution in [2.45, 2.75) is 20.8 Å². The molecule has 0 unspecified atom stereocenters. The number of nitrogens with one attached hydrogen (secondary N) is 1. The average Bonchev–Trinajstić information content (AvgIpc) is 3.03. The number of aryl methyl sites for hydroxylation is 3. The first-order valence-corrected chi connectivity index (χ1v) is 8.25. The Morgan fingerprint density at radius 2 is 1.56 bits per heavy atom. The van der Waals surface area contributed by atoms with Gasteiger partial charge in [0.1, 0.15) is 5.82 Å². The van der Waals surface area contributed by atoms with Crippen LogP contribution in [0.5, 0.6) is 0 Å². The van der Waals surface area contributed by atoms with Gasteiger partial charge in [0.15, 0.2) is 5.82 Å². The lowest BCUT2D eigenvalue weighted by atomic mass is 10.1. The van der Waals surface area contributed by atoms with E-state index < -0.39 is 0 Å². The van der Waals surface area contributed by atoms with Gasteiger partial charge in [0, 0.05) is 23.0 Å². The molecule has 2 aromatic carbocycles. The molecule has 4 aromatic rings. The molecule has 0 spiro atoms. The molecule has 0 radical (unpaired) electrons. The molecule has 5 heteroatoms. The fourth-order valence-electron chi connectivity index (χ4n) is 2.93. The van der Waals surface area contributed by atoms with E-state index in [1.165, 1.54) is 11.1 Å². The molecule has 0 atom stereocenters. The Morgan fingerprint density at radius 3 is 2.28 bits per heavy atom. The van der Waals surface area contributed by atoms with Gasteiger partial charge in [-0.15, -0.1) is 5.10 Å². The Hall–Kier alpha value is -3.21. The summed E-state index contributed by atoms with van der Waals surface area (Å²) in [4.78, 5) is 9.11. The molecule has 0 bridgehead atoms. The zero-order chi connectivity index (χ0) is 17.4. The molecule has 0 saturated heterocycles. The van der Waals surface area contributed by atoms with Crippen molar-refractivity contribution in [3.63, 3.8) is 0 Å². The van der Waals surface area contributed by atoms with Gasteiger partial charge in [-0.2, -0.15) is 9.50 Å². The van der Waals surface area contributed by atoms with Crippen molar-refractivity contribution in [3.05, 3.63) is 71.4 Å². The number of aromatic nitrogens is 4. The Kier molecular flexibility index (Phi) is 3.69. The molecule has 0 fully saturated rings. The van der Waals surface area contributed by atoms with Gasteiger partial charge in [0.25, 0.3) is 5.78 Å². The van der Waals surface area contributed by atoms with E-state index in [0.29, 0.717) is 11.6 Å². The Balaban J connectivity index is 1.85. The number of para-hydroxylation sites is 1. The zero-order valence-electron chi connectivity index (χ0n) is 14.5. The first kappa shape index (κ1) is 15.3. The number of fused-ring (bicyclic) bond motifs is 1. The van der Waals surface area contributed by atoms with Gasteiger partial charge in [0.05, 0.1) is 0 Å².